The molecule has 3 unspecified atom stereocenters. The predicted octanol–water partition coefficient (Wildman–Crippen LogP) is -0.0841. The van der Waals surface area contributed by atoms with Crippen molar-refractivity contribution in [2.45, 2.75) is 32.4 Å². The van der Waals surface area contributed by atoms with Crippen LogP contribution in [0.25, 0.3) is 0 Å². The minimum Gasteiger partial charge on any atom is -0.480 e. The first-order valence-corrected chi connectivity index (χ1v) is 5.18. The second-order valence-corrected chi connectivity index (χ2v) is 4.16. The van der Waals surface area contributed by atoms with Crippen LogP contribution in [-0.4, -0.2) is 47.6 Å². The molecule has 1 fully saturated rings. The minimum atomic E-state index is -0.975. The number of carbonyl (C=O) groups excluding carboxylic acids is 1. The zero-order chi connectivity index (χ0) is 11.6. The number of rotatable bonds is 3. The zero-order valence-corrected chi connectivity index (χ0v) is 9.36. The van der Waals surface area contributed by atoms with Gasteiger partial charge in [0.2, 0.25) is 5.91 Å². The van der Waals surface area contributed by atoms with Gasteiger partial charge in [0.15, 0.2) is 0 Å². The molecule has 0 spiro atoms. The molecule has 5 heteroatoms. The van der Waals surface area contributed by atoms with Crippen LogP contribution < -0.4 is 5.32 Å². The summed E-state index contributed by atoms with van der Waals surface area (Å²) in [4.78, 5) is 23.9. The van der Waals surface area contributed by atoms with E-state index >= 15 is 0 Å². The molecule has 5 nitrogen and oxygen atoms in total. The average Bonchev–Trinajstić information content (AvgIpc) is 2.60. The molecule has 0 aliphatic carbocycles. The maximum atomic E-state index is 11.9. The van der Waals surface area contributed by atoms with Crippen LogP contribution in [-0.2, 0) is 9.59 Å². The van der Waals surface area contributed by atoms with Gasteiger partial charge in [0.1, 0.15) is 6.04 Å². The molecule has 0 saturated carbocycles. The summed E-state index contributed by atoms with van der Waals surface area (Å²) in [6.45, 7) is 4.34. The van der Waals surface area contributed by atoms with E-state index in [2.05, 4.69) is 5.32 Å². The lowest BCUT2D eigenvalue weighted by Gasteiger charge is -2.26. The smallest absolute Gasteiger partial charge is 0.326 e. The topological polar surface area (TPSA) is 69.6 Å². The van der Waals surface area contributed by atoms with Gasteiger partial charge in [-0.3, -0.25) is 4.79 Å². The van der Waals surface area contributed by atoms with Gasteiger partial charge in [-0.2, -0.15) is 0 Å². The molecule has 1 rings (SSSR count). The summed E-state index contributed by atoms with van der Waals surface area (Å²) in [7, 11) is 1.54. The average molecular weight is 214 g/mol. The molecule has 0 radical (unpaired) electrons. The molecular formula is C10H18N2O3. The SMILES string of the molecule is CC1CCNC1C(=O)N(C)C(C)C(=O)O. The summed E-state index contributed by atoms with van der Waals surface area (Å²) in [5.41, 5.74) is 0. The number of aliphatic carboxylic acids is 1. The Morgan fingerprint density at radius 3 is 2.53 bits per heavy atom. The number of nitrogens with one attached hydrogen (secondary N) is 1. The second-order valence-electron chi connectivity index (χ2n) is 4.16. The molecule has 0 aromatic carbocycles. The van der Waals surface area contributed by atoms with Crippen LogP contribution in [0, 0.1) is 5.92 Å². The van der Waals surface area contributed by atoms with Crippen molar-refractivity contribution < 1.29 is 14.7 Å². The number of hydrogen-bond acceptors (Lipinski definition) is 3. The van der Waals surface area contributed by atoms with E-state index in [-0.39, 0.29) is 17.9 Å². The molecule has 1 saturated heterocycles. The van der Waals surface area contributed by atoms with Gasteiger partial charge < -0.3 is 15.3 Å². The van der Waals surface area contributed by atoms with E-state index in [1.54, 1.807) is 0 Å². The molecule has 1 amide bonds. The van der Waals surface area contributed by atoms with E-state index < -0.39 is 12.0 Å². The van der Waals surface area contributed by atoms with Crippen LogP contribution in [0.1, 0.15) is 20.3 Å². The molecule has 1 heterocycles. The molecule has 0 bridgehead atoms. The number of nitrogens with zero attached hydrogens (tertiary/aromatic N) is 1. The van der Waals surface area contributed by atoms with Gasteiger partial charge in [-0.1, -0.05) is 6.92 Å². The van der Waals surface area contributed by atoms with E-state index in [1.165, 1.54) is 18.9 Å². The van der Waals surface area contributed by atoms with Crippen molar-refractivity contribution in [2.24, 2.45) is 5.92 Å². The number of amides is 1. The summed E-state index contributed by atoms with van der Waals surface area (Å²) >= 11 is 0. The van der Waals surface area contributed by atoms with Crippen molar-refractivity contribution in [1.82, 2.24) is 10.2 Å². The van der Waals surface area contributed by atoms with Crippen molar-refractivity contribution in [1.29, 1.82) is 0 Å². The van der Waals surface area contributed by atoms with Gasteiger partial charge in [-0.15, -0.1) is 0 Å². The monoisotopic (exact) mass is 214 g/mol. The molecule has 0 aromatic heterocycles. The first kappa shape index (κ1) is 12.0. The lowest BCUT2D eigenvalue weighted by Crippen LogP contribution is -2.49. The molecule has 3 atom stereocenters. The Morgan fingerprint density at radius 1 is 1.53 bits per heavy atom. The minimum absolute atomic E-state index is 0.130. The summed E-state index contributed by atoms with van der Waals surface area (Å²) in [5, 5.41) is 11.9. The molecule has 86 valence electrons. The number of likely N-dealkylation sites (N-methyl/N-ethyl adjacent to an activating group) is 1. The first-order chi connectivity index (χ1) is 6.95. The Hall–Kier alpha value is -1.10. The summed E-state index contributed by atoms with van der Waals surface area (Å²) in [6, 6.07) is -0.996. The summed E-state index contributed by atoms with van der Waals surface area (Å²) in [5.74, 6) is -0.827. The third-order valence-corrected chi connectivity index (χ3v) is 3.08. The van der Waals surface area contributed by atoms with Gasteiger partial charge >= 0.3 is 5.97 Å². The molecule has 1 aliphatic heterocycles. The van der Waals surface area contributed by atoms with Crippen molar-refractivity contribution >= 4 is 11.9 Å². The third-order valence-electron chi connectivity index (χ3n) is 3.08. The van der Waals surface area contributed by atoms with Crippen molar-refractivity contribution in [3.05, 3.63) is 0 Å². The number of carbonyl (C=O) groups is 2. The maximum absolute atomic E-state index is 11.9. The van der Waals surface area contributed by atoms with Crippen molar-refractivity contribution in [3.63, 3.8) is 0 Å². The lowest BCUT2D eigenvalue weighted by molar-refractivity contribution is -0.149. The predicted molar refractivity (Wildman–Crippen MR) is 55.4 cm³/mol. The van der Waals surface area contributed by atoms with Crippen molar-refractivity contribution in [3.8, 4) is 0 Å². The van der Waals surface area contributed by atoms with Crippen LogP contribution in [0.4, 0.5) is 0 Å². The normalized spacial score (nSPS) is 27.4. The Morgan fingerprint density at radius 2 is 2.13 bits per heavy atom. The molecule has 15 heavy (non-hydrogen) atoms. The van der Waals surface area contributed by atoms with E-state index in [0.717, 1.165) is 13.0 Å². The largest absolute Gasteiger partial charge is 0.480 e. The molecular weight excluding hydrogens is 196 g/mol. The third kappa shape index (κ3) is 2.47. The highest BCUT2D eigenvalue weighted by atomic mass is 16.4. The Labute approximate surface area is 89.4 Å². The molecule has 2 N–H and O–H groups in total. The van der Waals surface area contributed by atoms with E-state index in [9.17, 15) is 9.59 Å². The first-order valence-electron chi connectivity index (χ1n) is 5.18. The Balaban J connectivity index is 2.63. The number of hydrogen-bond donors (Lipinski definition) is 2. The van der Waals surface area contributed by atoms with Crippen molar-refractivity contribution in [2.75, 3.05) is 13.6 Å². The quantitative estimate of drug-likeness (QED) is 0.689. The van der Waals surface area contributed by atoms with E-state index in [0.29, 0.717) is 0 Å². The van der Waals surface area contributed by atoms with Crippen LogP contribution in [0.3, 0.4) is 0 Å². The van der Waals surface area contributed by atoms with Crippen LogP contribution >= 0.6 is 0 Å². The van der Waals surface area contributed by atoms with Crippen LogP contribution in [0.15, 0.2) is 0 Å². The van der Waals surface area contributed by atoms with E-state index in [1.807, 2.05) is 6.92 Å². The Kier molecular flexibility index (Phi) is 3.68. The van der Waals surface area contributed by atoms with Gasteiger partial charge in [-0.25, -0.2) is 4.79 Å². The van der Waals surface area contributed by atoms with E-state index in [4.69, 9.17) is 5.11 Å². The van der Waals surface area contributed by atoms with Crippen LogP contribution in [0.5, 0.6) is 0 Å². The standard InChI is InChI=1S/C10H18N2O3/c1-6-4-5-11-8(6)9(13)12(3)7(2)10(14)15/h6-8,11H,4-5H2,1-3H3,(H,14,15). The molecule has 1 aliphatic rings. The fourth-order valence-electron chi connectivity index (χ4n) is 1.74. The number of carboxylic acids is 1. The highest BCUT2D eigenvalue weighted by molar-refractivity contribution is 5.87. The fourth-order valence-corrected chi connectivity index (χ4v) is 1.74. The highest BCUT2D eigenvalue weighted by Crippen LogP contribution is 2.16. The second kappa shape index (κ2) is 4.61. The van der Waals surface area contributed by atoms with Gasteiger partial charge in [-0.05, 0) is 25.8 Å². The zero-order valence-electron chi connectivity index (χ0n) is 9.36. The van der Waals surface area contributed by atoms with Gasteiger partial charge in [0.05, 0.1) is 6.04 Å². The lowest BCUT2D eigenvalue weighted by atomic mass is 10.0. The Bertz CT molecular complexity index is 267. The summed E-state index contributed by atoms with van der Waals surface area (Å²) < 4.78 is 0. The fraction of sp³-hybridized carbons (Fsp3) is 0.800. The number of carboxylic acid groups (broad SMARTS) is 1. The highest BCUT2D eigenvalue weighted by Gasteiger charge is 2.34. The van der Waals surface area contributed by atoms with Crippen LogP contribution in [0.2, 0.25) is 0 Å². The van der Waals surface area contributed by atoms with Gasteiger partial charge in [0.25, 0.3) is 0 Å². The maximum Gasteiger partial charge on any atom is 0.326 e. The van der Waals surface area contributed by atoms with Gasteiger partial charge in [0, 0.05) is 7.05 Å². The summed E-state index contributed by atoms with van der Waals surface area (Å²) in [6.07, 6.45) is 0.964. The molecule has 0 aromatic rings.